The number of nitrogens with two attached hydrogens (primary N) is 1. The number of hydrogen-bond donors (Lipinski definition) is 1. The zero-order valence-electron chi connectivity index (χ0n) is 15.3. The molecule has 0 aliphatic carbocycles. The van der Waals surface area contributed by atoms with Crippen molar-refractivity contribution in [2.75, 3.05) is 21.3 Å². The van der Waals surface area contributed by atoms with Crippen LogP contribution in [0, 0.1) is 0 Å². The number of carbonyl (C=O) groups excluding carboxylic acids is 1. The molecule has 0 aliphatic heterocycles. The third kappa shape index (κ3) is 2.35. The monoisotopic (exact) mass is 361 g/mol. The molecular formula is C22H19NO4. The number of methoxy groups -OCH3 is 3. The Labute approximate surface area is 156 Å². The van der Waals surface area contributed by atoms with E-state index in [1.165, 1.54) is 14.2 Å². The number of fused-ring (bicyclic) bond motifs is 5. The second-order valence-electron chi connectivity index (χ2n) is 6.21. The number of primary amides is 1. The van der Waals surface area contributed by atoms with Gasteiger partial charge in [-0.15, -0.1) is 0 Å². The first kappa shape index (κ1) is 17.0. The minimum absolute atomic E-state index is 0.273. The Hall–Kier alpha value is -3.47. The highest BCUT2D eigenvalue weighted by molar-refractivity contribution is 6.23. The molecular weight excluding hydrogens is 342 g/mol. The van der Waals surface area contributed by atoms with Crippen molar-refractivity contribution < 1.29 is 19.0 Å². The summed E-state index contributed by atoms with van der Waals surface area (Å²) in [7, 11) is 4.56. The van der Waals surface area contributed by atoms with Gasteiger partial charge in [0, 0.05) is 10.8 Å². The van der Waals surface area contributed by atoms with Crippen LogP contribution in [0.4, 0.5) is 0 Å². The van der Waals surface area contributed by atoms with E-state index < -0.39 is 5.91 Å². The minimum Gasteiger partial charge on any atom is -0.492 e. The summed E-state index contributed by atoms with van der Waals surface area (Å²) < 4.78 is 16.7. The lowest BCUT2D eigenvalue weighted by molar-refractivity contribution is 0.0998. The van der Waals surface area contributed by atoms with Crippen molar-refractivity contribution in [1.82, 2.24) is 0 Å². The van der Waals surface area contributed by atoms with Crippen molar-refractivity contribution in [2.24, 2.45) is 5.73 Å². The molecule has 5 heteroatoms. The number of ether oxygens (including phenoxy) is 3. The van der Waals surface area contributed by atoms with Crippen LogP contribution in [0.1, 0.15) is 10.4 Å². The maximum absolute atomic E-state index is 12.3. The Morgan fingerprint density at radius 1 is 0.704 bits per heavy atom. The van der Waals surface area contributed by atoms with Gasteiger partial charge in [-0.1, -0.05) is 48.5 Å². The van der Waals surface area contributed by atoms with Crippen LogP contribution in [0.3, 0.4) is 0 Å². The van der Waals surface area contributed by atoms with Crippen LogP contribution in [0.5, 0.6) is 17.2 Å². The summed E-state index contributed by atoms with van der Waals surface area (Å²) in [5.74, 6) is 0.546. The minimum atomic E-state index is -0.585. The molecule has 4 aromatic carbocycles. The fourth-order valence-corrected chi connectivity index (χ4v) is 3.81. The summed E-state index contributed by atoms with van der Waals surface area (Å²) in [6, 6.07) is 16.1. The zero-order valence-corrected chi connectivity index (χ0v) is 15.3. The van der Waals surface area contributed by atoms with Crippen LogP contribution >= 0.6 is 0 Å². The molecule has 0 heterocycles. The summed E-state index contributed by atoms with van der Waals surface area (Å²) in [5.41, 5.74) is 5.97. The van der Waals surface area contributed by atoms with Crippen molar-refractivity contribution in [3.05, 3.63) is 54.1 Å². The van der Waals surface area contributed by atoms with Crippen LogP contribution in [0.25, 0.3) is 32.3 Å². The first-order valence-corrected chi connectivity index (χ1v) is 8.48. The van der Waals surface area contributed by atoms with E-state index in [1.54, 1.807) is 7.11 Å². The Kier molecular flexibility index (Phi) is 4.00. The molecule has 0 bridgehead atoms. The average molecular weight is 361 g/mol. The van der Waals surface area contributed by atoms with Crippen LogP contribution in [-0.2, 0) is 0 Å². The molecule has 0 saturated heterocycles. The number of carbonyl (C=O) groups is 1. The van der Waals surface area contributed by atoms with E-state index in [2.05, 4.69) is 18.2 Å². The Morgan fingerprint density at radius 3 is 2.00 bits per heavy atom. The van der Waals surface area contributed by atoms with Crippen molar-refractivity contribution in [2.45, 2.75) is 0 Å². The lowest BCUT2D eigenvalue weighted by Gasteiger charge is -2.19. The van der Waals surface area contributed by atoms with E-state index in [0.717, 1.165) is 26.9 Å². The molecule has 0 aliphatic rings. The predicted octanol–water partition coefficient (Wildman–Crippen LogP) is 4.27. The highest BCUT2D eigenvalue weighted by Crippen LogP contribution is 2.49. The second-order valence-corrected chi connectivity index (χ2v) is 6.21. The van der Waals surface area contributed by atoms with Crippen molar-refractivity contribution >= 4 is 38.2 Å². The number of benzene rings is 4. The van der Waals surface area contributed by atoms with Crippen molar-refractivity contribution in [3.8, 4) is 17.2 Å². The van der Waals surface area contributed by atoms with Gasteiger partial charge < -0.3 is 19.9 Å². The first-order chi connectivity index (χ1) is 13.1. The maximum atomic E-state index is 12.3. The molecule has 0 aromatic heterocycles. The fraction of sp³-hybridized carbons (Fsp3) is 0.136. The van der Waals surface area contributed by atoms with Crippen LogP contribution in [0.15, 0.2) is 48.5 Å². The summed E-state index contributed by atoms with van der Waals surface area (Å²) in [4.78, 5) is 12.3. The fourth-order valence-electron chi connectivity index (χ4n) is 3.81. The van der Waals surface area contributed by atoms with E-state index in [0.29, 0.717) is 16.9 Å². The van der Waals surface area contributed by atoms with E-state index in [9.17, 15) is 4.79 Å². The maximum Gasteiger partial charge on any atom is 0.253 e. The van der Waals surface area contributed by atoms with E-state index in [4.69, 9.17) is 19.9 Å². The Balaban J connectivity index is 2.31. The van der Waals surface area contributed by atoms with E-state index >= 15 is 0 Å². The van der Waals surface area contributed by atoms with Gasteiger partial charge in [0.25, 0.3) is 5.91 Å². The molecule has 5 nitrogen and oxygen atoms in total. The van der Waals surface area contributed by atoms with Gasteiger partial charge >= 0.3 is 0 Å². The van der Waals surface area contributed by atoms with Gasteiger partial charge in [-0.2, -0.15) is 0 Å². The largest absolute Gasteiger partial charge is 0.492 e. The number of hydrogen-bond acceptors (Lipinski definition) is 4. The summed E-state index contributed by atoms with van der Waals surface area (Å²) in [6.45, 7) is 0. The van der Waals surface area contributed by atoms with E-state index in [-0.39, 0.29) is 11.3 Å². The van der Waals surface area contributed by atoms with Gasteiger partial charge in [0.1, 0.15) is 0 Å². The molecule has 1 amide bonds. The zero-order chi connectivity index (χ0) is 19.1. The molecule has 0 fully saturated rings. The molecule has 4 aromatic rings. The quantitative estimate of drug-likeness (QED) is 0.551. The van der Waals surface area contributed by atoms with Crippen LogP contribution < -0.4 is 19.9 Å². The van der Waals surface area contributed by atoms with Crippen molar-refractivity contribution in [1.29, 1.82) is 0 Å². The molecule has 0 atom stereocenters. The van der Waals surface area contributed by atoms with Gasteiger partial charge in [0.05, 0.1) is 26.9 Å². The topological polar surface area (TPSA) is 70.8 Å². The van der Waals surface area contributed by atoms with Gasteiger partial charge in [0.2, 0.25) is 5.75 Å². The van der Waals surface area contributed by atoms with E-state index in [1.807, 2.05) is 30.3 Å². The third-order valence-electron chi connectivity index (χ3n) is 4.92. The summed E-state index contributed by atoms with van der Waals surface area (Å²) in [6.07, 6.45) is 0. The van der Waals surface area contributed by atoms with Gasteiger partial charge in [0.15, 0.2) is 11.5 Å². The molecule has 0 spiro atoms. The standard InChI is InChI=1S/C22H19NO4/c1-25-19-17-15-9-8-12-6-4-5-7-13(12)14(15)10-11-16(17)18(22(23)24)20(26-2)21(19)27-3/h4-11H,1-3H3,(H2,23,24). The Morgan fingerprint density at radius 2 is 1.33 bits per heavy atom. The molecule has 4 rings (SSSR count). The smallest absolute Gasteiger partial charge is 0.253 e. The number of rotatable bonds is 4. The highest BCUT2D eigenvalue weighted by Gasteiger charge is 2.26. The number of amides is 1. The van der Waals surface area contributed by atoms with Crippen LogP contribution in [-0.4, -0.2) is 27.2 Å². The Bertz CT molecular complexity index is 1210. The summed E-state index contributed by atoms with van der Waals surface area (Å²) >= 11 is 0. The normalized spacial score (nSPS) is 11.1. The average Bonchev–Trinajstić information content (AvgIpc) is 2.70. The first-order valence-electron chi connectivity index (χ1n) is 8.48. The van der Waals surface area contributed by atoms with Gasteiger partial charge in [-0.25, -0.2) is 0 Å². The molecule has 136 valence electrons. The van der Waals surface area contributed by atoms with Gasteiger partial charge in [-0.3, -0.25) is 4.79 Å². The third-order valence-corrected chi connectivity index (χ3v) is 4.92. The molecule has 27 heavy (non-hydrogen) atoms. The lowest BCUT2D eigenvalue weighted by Crippen LogP contribution is -2.14. The van der Waals surface area contributed by atoms with Gasteiger partial charge in [-0.05, 0) is 21.5 Å². The van der Waals surface area contributed by atoms with Crippen LogP contribution in [0.2, 0.25) is 0 Å². The predicted molar refractivity (Wildman–Crippen MR) is 107 cm³/mol. The highest BCUT2D eigenvalue weighted by atomic mass is 16.5. The molecule has 2 N–H and O–H groups in total. The molecule has 0 saturated carbocycles. The van der Waals surface area contributed by atoms with Crippen molar-refractivity contribution in [3.63, 3.8) is 0 Å². The molecule has 0 radical (unpaired) electrons. The second kappa shape index (κ2) is 6.36. The SMILES string of the molecule is COc1c(OC)c(OC)c2c(ccc3c4ccccc4ccc32)c1C(N)=O. The molecule has 0 unspecified atom stereocenters. The summed E-state index contributed by atoms with van der Waals surface area (Å²) in [5, 5.41) is 5.70. The lowest BCUT2D eigenvalue weighted by atomic mass is 9.93.